The average molecular weight is 461 g/mol. The van der Waals surface area contributed by atoms with Gasteiger partial charge in [0.05, 0.1) is 24.8 Å². The number of carbonyl (C=O) groups is 1. The van der Waals surface area contributed by atoms with E-state index in [1.807, 2.05) is 6.07 Å². The van der Waals surface area contributed by atoms with E-state index in [1.165, 1.54) is 6.07 Å². The van der Waals surface area contributed by atoms with Gasteiger partial charge in [0.15, 0.2) is 17.4 Å². The minimum atomic E-state index is -0.675. The molecular weight excluding hydrogens is 439 g/mol. The Balaban J connectivity index is 1.49. The third-order valence-electron chi connectivity index (χ3n) is 5.03. The summed E-state index contributed by atoms with van der Waals surface area (Å²) in [5.41, 5.74) is 0.297. The van der Waals surface area contributed by atoms with Crippen LogP contribution in [0.4, 0.5) is 4.39 Å². The molecule has 1 aromatic heterocycles. The molecule has 2 aromatic carbocycles. The Labute approximate surface area is 188 Å². The van der Waals surface area contributed by atoms with E-state index in [0.29, 0.717) is 24.6 Å². The van der Waals surface area contributed by atoms with E-state index in [0.717, 1.165) is 18.2 Å². The molecule has 1 unspecified atom stereocenters. The maximum atomic E-state index is 14.4. The number of halogens is 2. The highest BCUT2D eigenvalue weighted by Crippen LogP contribution is 2.25. The van der Waals surface area contributed by atoms with Gasteiger partial charge >= 0.3 is 0 Å². The molecule has 1 amide bonds. The number of rotatable bonds is 7. The highest BCUT2D eigenvalue weighted by molar-refractivity contribution is 6.30. The molecule has 0 spiro atoms. The fraction of sp³-hybridized carbons (Fsp3) is 0.318. The minimum absolute atomic E-state index is 0.0343. The number of hydrogen-bond acceptors (Lipinski definition) is 6. The molecule has 10 heteroatoms. The summed E-state index contributed by atoms with van der Waals surface area (Å²) < 4.78 is 25.6. The molecule has 1 atom stereocenters. The van der Waals surface area contributed by atoms with E-state index >= 15 is 0 Å². The number of morpholine rings is 1. The first-order chi connectivity index (χ1) is 15.5. The van der Waals surface area contributed by atoms with Gasteiger partial charge in [-0.05, 0) is 29.8 Å². The molecule has 3 aromatic rings. The fourth-order valence-electron chi connectivity index (χ4n) is 3.44. The molecule has 0 radical (unpaired) electrons. The fourth-order valence-corrected chi connectivity index (χ4v) is 3.65. The van der Waals surface area contributed by atoms with Crippen LogP contribution in [0.25, 0.3) is 10.9 Å². The first-order valence-electron chi connectivity index (χ1n) is 10.2. The van der Waals surface area contributed by atoms with Crippen LogP contribution in [-0.4, -0.2) is 48.3 Å². The van der Waals surface area contributed by atoms with Gasteiger partial charge in [0.2, 0.25) is 0 Å². The van der Waals surface area contributed by atoms with Gasteiger partial charge in [-0.2, -0.15) is 0 Å². The quantitative estimate of drug-likeness (QED) is 0.500. The number of aromatic nitrogens is 2. The average Bonchev–Trinajstić information content (AvgIpc) is 2.79. The number of benzene rings is 2. The summed E-state index contributed by atoms with van der Waals surface area (Å²) in [7, 11) is 0. The van der Waals surface area contributed by atoms with E-state index in [9.17, 15) is 14.0 Å². The summed E-state index contributed by atoms with van der Waals surface area (Å²) in [5.74, 6) is -1.61. The Morgan fingerprint density at radius 2 is 2.22 bits per heavy atom. The van der Waals surface area contributed by atoms with Gasteiger partial charge in [0.25, 0.3) is 11.5 Å². The van der Waals surface area contributed by atoms with E-state index in [1.54, 1.807) is 18.2 Å². The van der Waals surface area contributed by atoms with Crippen molar-refractivity contribution in [1.82, 2.24) is 20.6 Å². The monoisotopic (exact) mass is 460 g/mol. The van der Waals surface area contributed by atoms with Crippen LogP contribution in [-0.2, 0) is 11.3 Å². The summed E-state index contributed by atoms with van der Waals surface area (Å²) in [6, 6.07) is 9.54. The first-order valence-corrected chi connectivity index (χ1v) is 10.6. The van der Waals surface area contributed by atoms with E-state index in [2.05, 4.69) is 20.6 Å². The zero-order valence-corrected chi connectivity index (χ0v) is 17.9. The van der Waals surface area contributed by atoms with Gasteiger partial charge in [0.1, 0.15) is 5.39 Å². The summed E-state index contributed by atoms with van der Waals surface area (Å²) >= 11 is 5.95. The lowest BCUT2D eigenvalue weighted by molar-refractivity contribution is 0.0157. The molecule has 8 nitrogen and oxygen atoms in total. The van der Waals surface area contributed by atoms with Crippen molar-refractivity contribution < 1.29 is 18.7 Å². The van der Waals surface area contributed by atoms with Crippen LogP contribution in [0.3, 0.4) is 0 Å². The molecule has 1 fully saturated rings. The van der Waals surface area contributed by atoms with Gasteiger partial charge in [-0.25, -0.2) is 9.37 Å². The van der Waals surface area contributed by atoms with Crippen LogP contribution in [0.5, 0.6) is 5.75 Å². The number of hydrogen-bond donors (Lipinski definition) is 3. The molecule has 0 bridgehead atoms. The molecule has 3 N–H and O–H groups in total. The summed E-state index contributed by atoms with van der Waals surface area (Å²) in [5, 5.41) is 6.39. The van der Waals surface area contributed by atoms with Gasteiger partial charge in [-0.15, -0.1) is 0 Å². The SMILES string of the molecule is O=C(NCc1cccc(Cl)c1)c1nc2ccc(F)c(OCCC3CNCCO3)c2c(=O)[nH]1. The predicted molar refractivity (Wildman–Crippen MR) is 118 cm³/mol. The smallest absolute Gasteiger partial charge is 0.287 e. The molecule has 32 heavy (non-hydrogen) atoms. The topological polar surface area (TPSA) is 105 Å². The molecule has 2 heterocycles. The number of fused-ring (bicyclic) bond motifs is 1. The summed E-state index contributed by atoms with van der Waals surface area (Å²) in [4.78, 5) is 31.8. The number of H-pyrrole nitrogens is 1. The van der Waals surface area contributed by atoms with Crippen molar-refractivity contribution in [2.24, 2.45) is 0 Å². The number of carbonyl (C=O) groups excluding carboxylic acids is 1. The molecule has 1 aliphatic rings. The normalized spacial score (nSPS) is 16.1. The predicted octanol–water partition coefficient (Wildman–Crippen LogP) is 2.40. The van der Waals surface area contributed by atoms with Crippen molar-refractivity contribution in [3.63, 3.8) is 0 Å². The summed E-state index contributed by atoms with van der Waals surface area (Å²) in [6.07, 6.45) is 0.506. The van der Waals surface area contributed by atoms with Crippen LogP contribution in [0.2, 0.25) is 5.02 Å². The Hall–Kier alpha value is -3.01. The third kappa shape index (κ3) is 5.24. The minimum Gasteiger partial charge on any atom is -0.489 e. The molecule has 1 aliphatic heterocycles. The van der Waals surface area contributed by atoms with Gasteiger partial charge in [0, 0.05) is 31.1 Å². The molecule has 0 aliphatic carbocycles. The van der Waals surface area contributed by atoms with E-state index in [4.69, 9.17) is 21.1 Å². The number of ether oxygens (including phenoxy) is 2. The number of nitrogens with one attached hydrogen (secondary N) is 3. The Kier molecular flexibility index (Phi) is 6.99. The summed E-state index contributed by atoms with van der Waals surface area (Å²) in [6.45, 7) is 2.47. The van der Waals surface area contributed by atoms with Crippen molar-refractivity contribution in [2.45, 2.75) is 19.1 Å². The number of aromatic amines is 1. The molecule has 1 saturated heterocycles. The molecule has 4 rings (SSSR count). The maximum Gasteiger partial charge on any atom is 0.287 e. The van der Waals surface area contributed by atoms with Gasteiger partial charge in [-0.3, -0.25) is 9.59 Å². The van der Waals surface area contributed by atoms with Gasteiger partial charge in [-0.1, -0.05) is 23.7 Å². The maximum absolute atomic E-state index is 14.4. The third-order valence-corrected chi connectivity index (χ3v) is 5.26. The number of amides is 1. The Morgan fingerprint density at radius 1 is 1.34 bits per heavy atom. The Morgan fingerprint density at radius 3 is 3.00 bits per heavy atom. The lowest BCUT2D eigenvalue weighted by Gasteiger charge is -2.23. The van der Waals surface area contributed by atoms with Crippen LogP contribution < -0.4 is 20.9 Å². The van der Waals surface area contributed by atoms with Crippen molar-refractivity contribution in [3.8, 4) is 5.75 Å². The van der Waals surface area contributed by atoms with E-state index in [-0.39, 0.29) is 41.7 Å². The second-order valence-corrected chi connectivity index (χ2v) is 7.77. The Bertz CT molecular complexity index is 1180. The zero-order valence-electron chi connectivity index (χ0n) is 17.1. The highest BCUT2D eigenvalue weighted by atomic mass is 35.5. The molecule has 168 valence electrons. The zero-order chi connectivity index (χ0) is 22.5. The van der Waals surface area contributed by atoms with E-state index < -0.39 is 17.3 Å². The van der Waals surface area contributed by atoms with Crippen LogP contribution >= 0.6 is 11.6 Å². The lowest BCUT2D eigenvalue weighted by atomic mass is 10.2. The van der Waals surface area contributed by atoms with Crippen molar-refractivity contribution in [3.05, 3.63) is 69.0 Å². The second kappa shape index (κ2) is 10.1. The standard InChI is InChI=1S/C22H22ClFN4O4/c23-14-3-1-2-13(10-14)11-26-22(30)20-27-17-5-4-16(24)19(18(17)21(29)28-20)32-8-6-15-12-25-7-9-31-15/h1-5,10,15,25H,6-9,11-12H2,(H,26,30)(H,27,28,29). The lowest BCUT2D eigenvalue weighted by Crippen LogP contribution is -2.39. The van der Waals surface area contributed by atoms with Crippen molar-refractivity contribution in [2.75, 3.05) is 26.3 Å². The second-order valence-electron chi connectivity index (χ2n) is 7.33. The first kappa shape index (κ1) is 22.2. The van der Waals surface area contributed by atoms with Crippen LogP contribution in [0.1, 0.15) is 22.6 Å². The van der Waals surface area contributed by atoms with Gasteiger partial charge < -0.3 is 25.1 Å². The van der Waals surface area contributed by atoms with Crippen LogP contribution in [0.15, 0.2) is 41.2 Å². The number of nitrogens with zero attached hydrogens (tertiary/aromatic N) is 1. The van der Waals surface area contributed by atoms with Crippen molar-refractivity contribution >= 4 is 28.4 Å². The van der Waals surface area contributed by atoms with Crippen LogP contribution in [0, 0.1) is 5.82 Å². The molecule has 0 saturated carbocycles. The van der Waals surface area contributed by atoms with Crippen molar-refractivity contribution in [1.29, 1.82) is 0 Å². The highest BCUT2D eigenvalue weighted by Gasteiger charge is 2.19. The largest absolute Gasteiger partial charge is 0.489 e. The molecular formula is C22H22ClFN4O4.